The smallest absolute Gasteiger partial charge is 0.0641 e. The van der Waals surface area contributed by atoms with Crippen LogP contribution in [0.1, 0.15) is 0 Å². The van der Waals surface area contributed by atoms with Crippen molar-refractivity contribution in [3.8, 4) is 55.6 Å². The number of hydrogen-bond acceptors (Lipinski definition) is 3. The predicted octanol–water partition coefficient (Wildman–Crippen LogP) is 20.5. The van der Waals surface area contributed by atoms with Crippen LogP contribution in [0, 0.1) is 0 Å². The van der Waals surface area contributed by atoms with Gasteiger partial charge >= 0.3 is 0 Å². The van der Waals surface area contributed by atoms with E-state index in [0.717, 1.165) is 5.69 Å². The Hall–Kier alpha value is -8.60. The Bertz CT molecular complexity index is 4210. The van der Waals surface area contributed by atoms with Crippen molar-refractivity contribution in [3.05, 3.63) is 261 Å². The van der Waals surface area contributed by atoms with Gasteiger partial charge in [0, 0.05) is 36.3 Å². The molecule has 14 rings (SSSR count). The molecule has 0 saturated heterocycles. The van der Waals surface area contributed by atoms with E-state index >= 15 is 0 Å². The molecule has 3 heteroatoms. The van der Waals surface area contributed by atoms with Crippen molar-refractivity contribution in [2.75, 3.05) is 4.90 Å². The van der Waals surface area contributed by atoms with Crippen LogP contribution in [0.3, 0.4) is 0 Å². The van der Waals surface area contributed by atoms with E-state index in [1.807, 2.05) is 22.7 Å². The zero-order valence-electron chi connectivity index (χ0n) is 38.6. The van der Waals surface area contributed by atoms with E-state index in [0.29, 0.717) is 0 Å². The second-order valence-electron chi connectivity index (χ2n) is 18.2. The fourth-order valence-corrected chi connectivity index (χ4v) is 13.7. The predicted molar refractivity (Wildman–Crippen MR) is 309 cm³/mol. The van der Waals surface area contributed by atoms with Crippen molar-refractivity contribution in [2.45, 2.75) is 0 Å². The first-order valence-electron chi connectivity index (χ1n) is 24.3. The van der Waals surface area contributed by atoms with Crippen molar-refractivity contribution in [1.29, 1.82) is 0 Å². The Kier molecular flexibility index (Phi) is 9.97. The Morgan fingerprint density at radius 1 is 0.225 bits per heavy atom. The van der Waals surface area contributed by atoms with Crippen molar-refractivity contribution in [3.63, 3.8) is 0 Å². The molecule has 0 unspecified atom stereocenters. The van der Waals surface area contributed by atoms with Crippen LogP contribution in [0.15, 0.2) is 261 Å². The number of fused-ring (bicyclic) bond motifs is 8. The molecule has 0 spiro atoms. The molecule has 0 aliphatic carbocycles. The van der Waals surface area contributed by atoms with Crippen LogP contribution in [0.25, 0.3) is 118 Å². The van der Waals surface area contributed by atoms with Crippen molar-refractivity contribution in [2.24, 2.45) is 0 Å². The Labute approximate surface area is 420 Å². The van der Waals surface area contributed by atoms with Crippen LogP contribution in [0.2, 0.25) is 0 Å². The normalized spacial score (nSPS) is 11.7. The van der Waals surface area contributed by atoms with Crippen molar-refractivity contribution in [1.82, 2.24) is 0 Å². The van der Waals surface area contributed by atoms with Crippen molar-refractivity contribution >= 4 is 102 Å². The Morgan fingerprint density at radius 3 is 1.15 bits per heavy atom. The summed E-state index contributed by atoms with van der Waals surface area (Å²) in [6, 6.07) is 96.4. The third kappa shape index (κ3) is 6.73. The molecule has 1 nitrogen and oxygen atoms in total. The van der Waals surface area contributed by atoms with Gasteiger partial charge in [-0.25, -0.2) is 0 Å². The summed E-state index contributed by atoms with van der Waals surface area (Å²) in [5.74, 6) is 0. The highest BCUT2D eigenvalue weighted by atomic mass is 32.1. The van der Waals surface area contributed by atoms with Gasteiger partial charge in [-0.3, -0.25) is 0 Å². The quantitative estimate of drug-likeness (QED) is 0.147. The largest absolute Gasteiger partial charge is 0.307 e. The topological polar surface area (TPSA) is 3.24 Å². The number of benzene rings is 12. The highest BCUT2D eigenvalue weighted by Crippen LogP contribution is 2.55. The summed E-state index contributed by atoms with van der Waals surface area (Å²) >= 11 is 3.77. The maximum absolute atomic E-state index is 2.56. The van der Waals surface area contributed by atoms with E-state index in [1.54, 1.807) is 0 Å². The summed E-state index contributed by atoms with van der Waals surface area (Å²) in [4.78, 5) is 2.56. The van der Waals surface area contributed by atoms with Gasteiger partial charge in [0.1, 0.15) is 0 Å². The second-order valence-corrected chi connectivity index (χ2v) is 20.3. The molecule has 0 radical (unpaired) electrons. The molecule has 71 heavy (non-hydrogen) atoms. The van der Waals surface area contributed by atoms with Gasteiger partial charge in [-0.2, -0.15) is 0 Å². The minimum absolute atomic E-state index is 1.14. The number of hydrogen-bond donors (Lipinski definition) is 0. The summed E-state index contributed by atoms with van der Waals surface area (Å²) in [5.41, 5.74) is 15.5. The number of rotatable bonds is 8. The van der Waals surface area contributed by atoms with Gasteiger partial charge in [-0.05, 0) is 102 Å². The molecule has 332 valence electrons. The van der Waals surface area contributed by atoms with Gasteiger partial charge in [0.2, 0.25) is 0 Å². The van der Waals surface area contributed by atoms with E-state index in [-0.39, 0.29) is 0 Å². The van der Waals surface area contributed by atoms with Gasteiger partial charge < -0.3 is 4.90 Å². The molecule has 0 fully saturated rings. The third-order valence-electron chi connectivity index (χ3n) is 14.3. The van der Waals surface area contributed by atoms with Gasteiger partial charge in [0.25, 0.3) is 0 Å². The lowest BCUT2D eigenvalue weighted by Crippen LogP contribution is -2.11. The molecule has 0 saturated carbocycles. The summed E-state index contributed by atoms with van der Waals surface area (Å²) in [5, 5.41) is 9.97. The minimum Gasteiger partial charge on any atom is -0.307 e. The summed E-state index contributed by atoms with van der Waals surface area (Å²) in [7, 11) is 0. The van der Waals surface area contributed by atoms with Crippen LogP contribution >= 0.6 is 22.7 Å². The molecule has 0 bridgehead atoms. The highest BCUT2D eigenvalue weighted by molar-refractivity contribution is 7.27. The molecule has 0 N–H and O–H groups in total. The van der Waals surface area contributed by atoms with Gasteiger partial charge in [0.05, 0.1) is 26.5 Å². The molecule has 0 aliphatic rings. The average Bonchev–Trinajstić information content (AvgIpc) is 4.03. The molecular weight excluding hydrogens is 895 g/mol. The standard InChI is InChI=1S/C68H43NS2/c1-5-22-44(23-6-1)62-56-37-19-34-53(66(56)65(47-28-11-4-12-29-47)64(46-26-9-3-10-27-46)63(62)45-24-7-2-8-25-45)49-42-43-57(50-31-14-13-30-48(49)50)69(58-38-20-35-54-51-32-15-17-40-60(51)70-67(54)58)59-39-21-36-55-52-33-16-18-41-61(52)71-68(55)59/h1-43H. The monoisotopic (exact) mass is 937 g/mol. The van der Waals surface area contributed by atoms with Crippen LogP contribution in [-0.4, -0.2) is 0 Å². The third-order valence-corrected chi connectivity index (χ3v) is 16.7. The Morgan fingerprint density at radius 2 is 0.620 bits per heavy atom. The molecular formula is C68H43NS2. The fourth-order valence-electron chi connectivity index (χ4n) is 11.3. The molecule has 0 amide bonds. The fraction of sp³-hybridized carbons (Fsp3) is 0. The Balaban J connectivity index is 1.11. The molecule has 0 atom stereocenters. The van der Waals surface area contributed by atoms with E-state index in [9.17, 15) is 0 Å². The SMILES string of the molecule is c1ccc(-c2c(-c3ccccc3)c(-c3ccccc3)c3c(-c4ccc(N(c5cccc6c5sc5ccccc56)c5cccc6c5sc5ccccc56)c5ccccc45)cccc3c2-c2ccccc2)cc1. The average molecular weight is 938 g/mol. The molecule has 2 aromatic heterocycles. The summed E-state index contributed by atoms with van der Waals surface area (Å²) in [6.07, 6.45) is 0. The van der Waals surface area contributed by atoms with Crippen LogP contribution in [-0.2, 0) is 0 Å². The molecule has 14 aromatic rings. The lowest BCUT2D eigenvalue weighted by molar-refractivity contribution is 1.34. The number of thiophene rings is 2. The minimum atomic E-state index is 1.14. The first-order valence-corrected chi connectivity index (χ1v) is 25.9. The molecule has 0 aliphatic heterocycles. The van der Waals surface area contributed by atoms with E-state index in [2.05, 4.69) is 266 Å². The lowest BCUT2D eigenvalue weighted by Gasteiger charge is -2.29. The van der Waals surface area contributed by atoms with Gasteiger partial charge in [0.15, 0.2) is 0 Å². The van der Waals surface area contributed by atoms with Crippen LogP contribution < -0.4 is 4.90 Å². The van der Waals surface area contributed by atoms with E-state index < -0.39 is 0 Å². The zero-order valence-corrected chi connectivity index (χ0v) is 40.2. The maximum atomic E-state index is 2.56. The summed E-state index contributed by atoms with van der Waals surface area (Å²) < 4.78 is 5.14. The van der Waals surface area contributed by atoms with E-state index in [4.69, 9.17) is 0 Å². The van der Waals surface area contributed by atoms with Gasteiger partial charge in [-0.15, -0.1) is 22.7 Å². The zero-order chi connectivity index (χ0) is 46.8. The van der Waals surface area contributed by atoms with Crippen molar-refractivity contribution < 1.29 is 0 Å². The first kappa shape index (κ1) is 41.4. The van der Waals surface area contributed by atoms with E-state index in [1.165, 1.54) is 129 Å². The van der Waals surface area contributed by atoms with Crippen LogP contribution in [0.4, 0.5) is 17.1 Å². The first-order chi connectivity index (χ1) is 35.3. The second kappa shape index (κ2) is 17.1. The highest BCUT2D eigenvalue weighted by Gasteiger charge is 2.28. The van der Waals surface area contributed by atoms with Crippen LogP contribution in [0.5, 0.6) is 0 Å². The number of anilines is 3. The molecule has 2 heterocycles. The number of nitrogens with zero attached hydrogens (tertiary/aromatic N) is 1. The summed E-state index contributed by atoms with van der Waals surface area (Å²) in [6.45, 7) is 0. The lowest BCUT2D eigenvalue weighted by atomic mass is 9.77. The van der Waals surface area contributed by atoms with Gasteiger partial charge in [-0.1, -0.05) is 231 Å². The maximum Gasteiger partial charge on any atom is 0.0641 e. The molecule has 12 aromatic carbocycles.